The molecule has 9 nitrogen and oxygen atoms in total. The molecule has 1 atom stereocenters. The van der Waals surface area contributed by atoms with Crippen LogP contribution in [0.15, 0.2) is 49.1 Å². The van der Waals surface area contributed by atoms with Crippen LogP contribution in [0.25, 0.3) is 5.69 Å². The van der Waals surface area contributed by atoms with Gasteiger partial charge in [-0.3, -0.25) is 4.79 Å². The summed E-state index contributed by atoms with van der Waals surface area (Å²) in [6.45, 7) is 1.64. The van der Waals surface area contributed by atoms with Crippen LogP contribution in [0, 0.1) is 0 Å². The summed E-state index contributed by atoms with van der Waals surface area (Å²) in [6, 6.07) is 9.54. The molecule has 9 heteroatoms. The first-order valence-corrected chi connectivity index (χ1v) is 8.91. The second kappa shape index (κ2) is 7.90. The van der Waals surface area contributed by atoms with Gasteiger partial charge < -0.3 is 10.2 Å². The maximum atomic E-state index is 12.4. The fourth-order valence-corrected chi connectivity index (χ4v) is 3.24. The van der Waals surface area contributed by atoms with Crippen molar-refractivity contribution in [2.45, 2.75) is 25.3 Å². The number of carbonyl (C=O) groups is 1. The first-order chi connectivity index (χ1) is 13.3. The first-order valence-electron chi connectivity index (χ1n) is 8.91. The maximum absolute atomic E-state index is 12.4. The predicted octanol–water partition coefficient (Wildman–Crippen LogP) is 0.780. The van der Waals surface area contributed by atoms with Crippen LogP contribution in [0.2, 0.25) is 0 Å². The van der Waals surface area contributed by atoms with E-state index in [1.165, 1.54) is 6.33 Å². The fraction of sp³-hybridized carbons (Fsp3) is 0.333. The summed E-state index contributed by atoms with van der Waals surface area (Å²) in [5.41, 5.74) is 1.80. The summed E-state index contributed by atoms with van der Waals surface area (Å²) in [5, 5.41) is 14.2. The number of tetrazole rings is 1. The van der Waals surface area contributed by atoms with Crippen molar-refractivity contribution in [3.8, 4) is 5.69 Å². The number of hydrogen-bond donors (Lipinski definition) is 1. The van der Waals surface area contributed by atoms with Gasteiger partial charge in [0.25, 0.3) is 0 Å². The molecule has 0 bridgehead atoms. The molecule has 3 aromatic rings. The zero-order valence-corrected chi connectivity index (χ0v) is 14.8. The Kier molecular flexibility index (Phi) is 4.99. The molecule has 2 aromatic heterocycles. The van der Waals surface area contributed by atoms with Crippen LogP contribution in [-0.4, -0.2) is 55.2 Å². The van der Waals surface area contributed by atoms with Gasteiger partial charge in [-0.05, 0) is 47.0 Å². The van der Waals surface area contributed by atoms with Crippen LogP contribution in [-0.2, 0) is 11.2 Å². The molecule has 138 valence electrons. The lowest BCUT2D eigenvalue weighted by Gasteiger charge is -2.33. The van der Waals surface area contributed by atoms with E-state index in [9.17, 15) is 4.79 Å². The van der Waals surface area contributed by atoms with Crippen LogP contribution >= 0.6 is 0 Å². The molecule has 1 unspecified atom stereocenters. The number of nitrogens with zero attached hydrogens (tertiary/aromatic N) is 7. The molecule has 0 aliphatic carbocycles. The fourth-order valence-electron chi connectivity index (χ4n) is 3.24. The average molecular weight is 364 g/mol. The van der Waals surface area contributed by atoms with Crippen molar-refractivity contribution in [1.29, 1.82) is 0 Å². The molecule has 4 rings (SSSR count). The molecule has 0 spiro atoms. The molecule has 0 radical (unpaired) electrons. The summed E-state index contributed by atoms with van der Waals surface area (Å²) in [6.07, 6.45) is 7.32. The molecule has 1 amide bonds. The van der Waals surface area contributed by atoms with E-state index in [0.29, 0.717) is 6.42 Å². The number of rotatable bonds is 5. The van der Waals surface area contributed by atoms with Gasteiger partial charge in [0.05, 0.1) is 12.1 Å². The third-order valence-electron chi connectivity index (χ3n) is 4.54. The van der Waals surface area contributed by atoms with E-state index in [0.717, 1.165) is 43.1 Å². The molecule has 1 aromatic carbocycles. The Bertz CT molecular complexity index is 866. The number of aromatic nitrogens is 6. The van der Waals surface area contributed by atoms with Gasteiger partial charge in [0.1, 0.15) is 6.33 Å². The van der Waals surface area contributed by atoms with E-state index < -0.39 is 0 Å². The van der Waals surface area contributed by atoms with Gasteiger partial charge in [-0.15, -0.1) is 5.10 Å². The lowest BCUT2D eigenvalue weighted by molar-refractivity contribution is -0.121. The third-order valence-corrected chi connectivity index (χ3v) is 4.54. The second-order valence-corrected chi connectivity index (χ2v) is 6.50. The summed E-state index contributed by atoms with van der Waals surface area (Å²) >= 11 is 0. The molecule has 1 fully saturated rings. The van der Waals surface area contributed by atoms with Gasteiger partial charge in [-0.2, -0.15) is 0 Å². The molecule has 1 aliphatic heterocycles. The molecule has 3 heterocycles. The van der Waals surface area contributed by atoms with Gasteiger partial charge in [0.15, 0.2) is 0 Å². The van der Waals surface area contributed by atoms with Crippen LogP contribution in [0.5, 0.6) is 0 Å². The van der Waals surface area contributed by atoms with E-state index in [1.54, 1.807) is 23.1 Å². The van der Waals surface area contributed by atoms with Crippen LogP contribution in [0.3, 0.4) is 0 Å². The average Bonchev–Trinajstić information content (AvgIpc) is 3.24. The summed E-state index contributed by atoms with van der Waals surface area (Å²) in [5.74, 6) is 0.737. The van der Waals surface area contributed by atoms with Crippen molar-refractivity contribution in [3.63, 3.8) is 0 Å². The molecular weight excluding hydrogens is 344 g/mol. The molecule has 1 saturated heterocycles. The van der Waals surface area contributed by atoms with Gasteiger partial charge in [-0.25, -0.2) is 14.6 Å². The van der Waals surface area contributed by atoms with Crippen molar-refractivity contribution < 1.29 is 4.79 Å². The van der Waals surface area contributed by atoms with Crippen molar-refractivity contribution in [1.82, 2.24) is 35.5 Å². The maximum Gasteiger partial charge on any atom is 0.225 e. The minimum Gasteiger partial charge on any atom is -0.351 e. The van der Waals surface area contributed by atoms with Crippen molar-refractivity contribution in [3.05, 3.63) is 54.6 Å². The van der Waals surface area contributed by atoms with E-state index in [-0.39, 0.29) is 11.9 Å². The lowest BCUT2D eigenvalue weighted by Crippen LogP contribution is -2.48. The first kappa shape index (κ1) is 17.1. The number of carbonyl (C=O) groups excluding carboxylic acids is 1. The molecule has 0 saturated carbocycles. The Hall–Kier alpha value is -3.36. The number of amides is 1. The number of nitrogens with one attached hydrogen (secondary N) is 1. The van der Waals surface area contributed by atoms with Crippen LogP contribution in [0.1, 0.15) is 18.4 Å². The van der Waals surface area contributed by atoms with Gasteiger partial charge in [-0.1, -0.05) is 12.1 Å². The normalized spacial score (nSPS) is 16.9. The lowest BCUT2D eigenvalue weighted by atomic mass is 10.1. The Morgan fingerprint density at radius 2 is 2.00 bits per heavy atom. The van der Waals surface area contributed by atoms with Gasteiger partial charge in [0.2, 0.25) is 11.9 Å². The minimum absolute atomic E-state index is 0.0194. The predicted molar refractivity (Wildman–Crippen MR) is 98.3 cm³/mol. The van der Waals surface area contributed by atoms with Crippen molar-refractivity contribution in [2.75, 3.05) is 18.0 Å². The number of anilines is 1. The van der Waals surface area contributed by atoms with Crippen molar-refractivity contribution >= 4 is 11.9 Å². The largest absolute Gasteiger partial charge is 0.351 e. The standard InChI is InChI=1S/C18H20N8O/c27-17(11-14-4-6-16(7-5-14)26-13-21-23-24-26)22-15-3-1-10-25(12-15)18-19-8-2-9-20-18/h2,4-9,13,15H,1,3,10-12H2,(H,22,27). The van der Waals surface area contributed by atoms with E-state index in [1.807, 2.05) is 24.3 Å². The zero-order valence-electron chi connectivity index (χ0n) is 14.8. The number of piperidine rings is 1. The quantitative estimate of drug-likeness (QED) is 0.714. The van der Waals surface area contributed by atoms with Crippen molar-refractivity contribution in [2.24, 2.45) is 0 Å². The van der Waals surface area contributed by atoms with Gasteiger partial charge in [0, 0.05) is 31.5 Å². The highest BCUT2D eigenvalue weighted by molar-refractivity contribution is 5.79. The molecule has 27 heavy (non-hydrogen) atoms. The highest BCUT2D eigenvalue weighted by Gasteiger charge is 2.22. The SMILES string of the molecule is O=C(Cc1ccc(-n2cnnn2)cc1)NC1CCCN(c2ncccn2)C1. The van der Waals surface area contributed by atoms with E-state index >= 15 is 0 Å². The Labute approximate surface area is 156 Å². The topological polar surface area (TPSA) is 102 Å². The summed E-state index contributed by atoms with van der Waals surface area (Å²) < 4.78 is 1.58. The molecule has 1 N–H and O–H groups in total. The highest BCUT2D eigenvalue weighted by atomic mass is 16.1. The van der Waals surface area contributed by atoms with E-state index in [2.05, 4.69) is 35.7 Å². The van der Waals surface area contributed by atoms with Gasteiger partial charge >= 0.3 is 0 Å². The zero-order chi connectivity index (χ0) is 18.5. The Morgan fingerprint density at radius 1 is 1.19 bits per heavy atom. The third kappa shape index (κ3) is 4.25. The monoisotopic (exact) mass is 364 g/mol. The number of benzene rings is 1. The Balaban J connectivity index is 1.32. The van der Waals surface area contributed by atoms with Crippen LogP contribution < -0.4 is 10.2 Å². The van der Waals surface area contributed by atoms with Crippen LogP contribution in [0.4, 0.5) is 5.95 Å². The summed E-state index contributed by atoms with van der Waals surface area (Å²) in [7, 11) is 0. The van der Waals surface area contributed by atoms with E-state index in [4.69, 9.17) is 0 Å². The number of hydrogen-bond acceptors (Lipinski definition) is 7. The summed E-state index contributed by atoms with van der Waals surface area (Å²) in [4.78, 5) is 23.2. The Morgan fingerprint density at radius 3 is 2.74 bits per heavy atom. The minimum atomic E-state index is 0.0194. The molecule has 1 aliphatic rings. The highest BCUT2D eigenvalue weighted by Crippen LogP contribution is 2.15. The smallest absolute Gasteiger partial charge is 0.225 e. The molecular formula is C18H20N8O. The second-order valence-electron chi connectivity index (χ2n) is 6.50.